The van der Waals surface area contributed by atoms with Gasteiger partial charge < -0.3 is 29.7 Å². The molecule has 0 unspecified atom stereocenters. The summed E-state index contributed by atoms with van der Waals surface area (Å²) in [6, 6.07) is 12.8. The molecule has 9 nitrogen and oxygen atoms in total. The number of anilines is 1. The standard InChI is InChI=1S/C24H30N4O5/c1-27-9-11-28(12-10-27)20(17-3-6-19(31-2)7-4-17)16-25-23(29)24(30)26-18-5-8-21-22(15-18)33-14-13-32-21/h3-8,15,20H,9-14,16H2,1-2H3,(H,25,29)(H,26,30)/t20-/m1/s1. The first kappa shape index (κ1) is 22.9. The Morgan fingerprint density at radius 1 is 0.970 bits per heavy atom. The summed E-state index contributed by atoms with van der Waals surface area (Å²) in [5, 5.41) is 5.44. The predicted molar refractivity (Wildman–Crippen MR) is 124 cm³/mol. The molecule has 1 saturated heterocycles. The molecule has 1 fully saturated rings. The number of nitrogens with one attached hydrogen (secondary N) is 2. The summed E-state index contributed by atoms with van der Waals surface area (Å²) in [6.07, 6.45) is 0. The zero-order valence-electron chi connectivity index (χ0n) is 19.0. The van der Waals surface area contributed by atoms with Gasteiger partial charge in [-0.25, -0.2) is 0 Å². The monoisotopic (exact) mass is 454 g/mol. The largest absolute Gasteiger partial charge is 0.497 e. The molecular weight excluding hydrogens is 424 g/mol. The average molecular weight is 455 g/mol. The average Bonchev–Trinajstić information content (AvgIpc) is 2.85. The summed E-state index contributed by atoms with van der Waals surface area (Å²) < 4.78 is 16.3. The molecule has 0 aliphatic carbocycles. The maximum atomic E-state index is 12.6. The van der Waals surface area contributed by atoms with Crippen LogP contribution in [0.2, 0.25) is 0 Å². The minimum absolute atomic E-state index is 0.0457. The third kappa shape index (κ3) is 5.74. The smallest absolute Gasteiger partial charge is 0.313 e. The van der Waals surface area contributed by atoms with Crippen molar-refractivity contribution in [3.05, 3.63) is 48.0 Å². The highest BCUT2D eigenvalue weighted by Gasteiger charge is 2.26. The molecule has 0 spiro atoms. The van der Waals surface area contributed by atoms with Gasteiger partial charge in [0.1, 0.15) is 19.0 Å². The predicted octanol–water partition coefficient (Wildman–Crippen LogP) is 1.51. The van der Waals surface area contributed by atoms with Crippen LogP contribution in [0.1, 0.15) is 11.6 Å². The zero-order chi connectivity index (χ0) is 23.2. The number of rotatable bonds is 6. The van der Waals surface area contributed by atoms with Crippen molar-refractivity contribution in [2.45, 2.75) is 6.04 Å². The first-order valence-corrected chi connectivity index (χ1v) is 11.1. The van der Waals surface area contributed by atoms with Gasteiger partial charge in [-0.15, -0.1) is 0 Å². The second kappa shape index (κ2) is 10.5. The normalized spacial score (nSPS) is 17.2. The molecule has 2 aromatic carbocycles. The molecule has 4 rings (SSSR count). The lowest BCUT2D eigenvalue weighted by Crippen LogP contribution is -2.49. The van der Waals surface area contributed by atoms with Crippen molar-refractivity contribution >= 4 is 17.5 Å². The van der Waals surface area contributed by atoms with E-state index in [4.69, 9.17) is 14.2 Å². The molecule has 2 aliphatic heterocycles. The number of hydrogen-bond acceptors (Lipinski definition) is 7. The number of fused-ring (bicyclic) bond motifs is 1. The quantitative estimate of drug-likeness (QED) is 0.640. The Bertz CT molecular complexity index is 973. The van der Waals surface area contributed by atoms with Crippen molar-refractivity contribution in [2.75, 3.05) is 65.4 Å². The Balaban J connectivity index is 1.39. The fraction of sp³-hybridized carbons (Fsp3) is 0.417. The van der Waals surface area contributed by atoms with Crippen molar-refractivity contribution in [1.29, 1.82) is 0 Å². The number of methoxy groups -OCH3 is 1. The van der Waals surface area contributed by atoms with Gasteiger partial charge in [-0.05, 0) is 36.9 Å². The van der Waals surface area contributed by atoms with Crippen molar-refractivity contribution in [1.82, 2.24) is 15.1 Å². The van der Waals surface area contributed by atoms with Crippen LogP contribution >= 0.6 is 0 Å². The van der Waals surface area contributed by atoms with Gasteiger partial charge in [-0.2, -0.15) is 0 Å². The molecule has 176 valence electrons. The van der Waals surface area contributed by atoms with Crippen LogP contribution in [-0.4, -0.2) is 81.7 Å². The molecule has 2 N–H and O–H groups in total. The van der Waals surface area contributed by atoms with E-state index in [1.165, 1.54) is 0 Å². The van der Waals surface area contributed by atoms with E-state index in [-0.39, 0.29) is 6.04 Å². The van der Waals surface area contributed by atoms with E-state index in [2.05, 4.69) is 27.5 Å². The number of ether oxygens (including phenoxy) is 3. The Labute approximate surface area is 193 Å². The maximum Gasteiger partial charge on any atom is 0.313 e. The summed E-state index contributed by atoms with van der Waals surface area (Å²) >= 11 is 0. The minimum Gasteiger partial charge on any atom is -0.497 e. The fourth-order valence-electron chi connectivity index (χ4n) is 4.00. The van der Waals surface area contributed by atoms with E-state index >= 15 is 0 Å². The first-order chi connectivity index (χ1) is 16.0. The molecule has 1 atom stereocenters. The van der Waals surface area contributed by atoms with Gasteiger partial charge in [0.05, 0.1) is 13.2 Å². The van der Waals surface area contributed by atoms with Crippen molar-refractivity contribution in [3.63, 3.8) is 0 Å². The molecule has 0 radical (unpaired) electrons. The molecule has 2 aliphatic rings. The molecular formula is C24H30N4O5. The minimum atomic E-state index is -0.724. The Morgan fingerprint density at radius 3 is 2.36 bits per heavy atom. The van der Waals surface area contributed by atoms with Gasteiger partial charge in [0.25, 0.3) is 0 Å². The number of nitrogens with zero attached hydrogens (tertiary/aromatic N) is 2. The van der Waals surface area contributed by atoms with Gasteiger partial charge in [-0.1, -0.05) is 12.1 Å². The van der Waals surface area contributed by atoms with Crippen LogP contribution in [0, 0.1) is 0 Å². The molecule has 33 heavy (non-hydrogen) atoms. The molecule has 0 bridgehead atoms. The zero-order valence-corrected chi connectivity index (χ0v) is 19.0. The molecule has 0 saturated carbocycles. The van der Waals surface area contributed by atoms with Gasteiger partial charge >= 0.3 is 11.8 Å². The lowest BCUT2D eigenvalue weighted by molar-refractivity contribution is -0.136. The number of piperazine rings is 1. The molecule has 2 amide bonds. The SMILES string of the molecule is COc1ccc([C@@H](CNC(=O)C(=O)Nc2ccc3c(c2)OCCO3)N2CCN(C)CC2)cc1. The first-order valence-electron chi connectivity index (χ1n) is 11.1. The van der Waals surface area contributed by atoms with E-state index in [9.17, 15) is 9.59 Å². The molecule has 2 aromatic rings. The van der Waals surface area contributed by atoms with Gasteiger partial charge in [0.15, 0.2) is 11.5 Å². The summed E-state index contributed by atoms with van der Waals surface area (Å²) in [5.41, 5.74) is 1.54. The number of amides is 2. The van der Waals surface area contributed by atoms with Crippen LogP contribution in [0.4, 0.5) is 5.69 Å². The van der Waals surface area contributed by atoms with Crippen molar-refractivity contribution in [3.8, 4) is 17.2 Å². The third-order valence-electron chi connectivity index (χ3n) is 5.94. The second-order valence-corrected chi connectivity index (χ2v) is 8.15. The highest BCUT2D eigenvalue weighted by atomic mass is 16.6. The third-order valence-corrected chi connectivity index (χ3v) is 5.94. The number of hydrogen-bond donors (Lipinski definition) is 2. The van der Waals surface area contributed by atoms with E-state index in [0.717, 1.165) is 37.5 Å². The molecule has 0 aromatic heterocycles. The number of likely N-dealkylation sites (N-methyl/N-ethyl adjacent to an activating group) is 1. The summed E-state index contributed by atoms with van der Waals surface area (Å²) in [6.45, 7) is 4.92. The van der Waals surface area contributed by atoms with Crippen LogP contribution in [0.25, 0.3) is 0 Å². The van der Waals surface area contributed by atoms with Crippen LogP contribution < -0.4 is 24.8 Å². The van der Waals surface area contributed by atoms with E-state index in [0.29, 0.717) is 36.9 Å². The highest BCUT2D eigenvalue weighted by Crippen LogP contribution is 2.32. The van der Waals surface area contributed by atoms with Crippen molar-refractivity contribution < 1.29 is 23.8 Å². The highest BCUT2D eigenvalue weighted by molar-refractivity contribution is 6.39. The topological polar surface area (TPSA) is 92.4 Å². The Hall–Kier alpha value is -3.30. The van der Waals surface area contributed by atoms with Crippen LogP contribution in [0.3, 0.4) is 0 Å². The Morgan fingerprint density at radius 2 is 1.67 bits per heavy atom. The number of carbonyl (C=O) groups excluding carboxylic acids is 2. The number of benzene rings is 2. The Kier molecular flexibility index (Phi) is 7.31. The summed E-state index contributed by atoms with van der Waals surface area (Å²) in [7, 11) is 3.73. The van der Waals surface area contributed by atoms with E-state index in [1.54, 1.807) is 25.3 Å². The van der Waals surface area contributed by atoms with Crippen LogP contribution in [0.5, 0.6) is 17.2 Å². The van der Waals surface area contributed by atoms with Gasteiger partial charge in [0, 0.05) is 44.5 Å². The van der Waals surface area contributed by atoms with E-state index < -0.39 is 11.8 Å². The lowest BCUT2D eigenvalue weighted by Gasteiger charge is -2.38. The van der Waals surface area contributed by atoms with E-state index in [1.807, 2.05) is 24.3 Å². The summed E-state index contributed by atoms with van der Waals surface area (Å²) in [5.74, 6) is 0.544. The summed E-state index contributed by atoms with van der Waals surface area (Å²) in [4.78, 5) is 29.7. The van der Waals surface area contributed by atoms with Crippen molar-refractivity contribution in [2.24, 2.45) is 0 Å². The fourth-order valence-corrected chi connectivity index (χ4v) is 4.00. The van der Waals surface area contributed by atoms with Crippen LogP contribution in [-0.2, 0) is 9.59 Å². The second-order valence-electron chi connectivity index (χ2n) is 8.15. The molecule has 9 heteroatoms. The van der Waals surface area contributed by atoms with Gasteiger partial charge in [-0.3, -0.25) is 14.5 Å². The lowest BCUT2D eigenvalue weighted by atomic mass is 10.0. The maximum absolute atomic E-state index is 12.6. The number of carbonyl (C=O) groups is 2. The molecule has 2 heterocycles. The van der Waals surface area contributed by atoms with Gasteiger partial charge in [0.2, 0.25) is 0 Å². The van der Waals surface area contributed by atoms with Crippen LogP contribution in [0.15, 0.2) is 42.5 Å².